The summed E-state index contributed by atoms with van der Waals surface area (Å²) in [5.74, 6) is 1.40. The molecule has 0 saturated carbocycles. The number of halogens is 1. The van der Waals surface area contributed by atoms with Crippen LogP contribution in [0.2, 0.25) is 0 Å². The van der Waals surface area contributed by atoms with Crippen molar-refractivity contribution < 1.29 is 19.1 Å². The standard InChI is InChI=1S/C32H37BrN4O4/c1-20-14-25(33)15-21(2)30(20)37-12-7-10-27(31(37)38)35-32(39)34-26-9-6-5-8-23(26)18-36-13-11-22-16-28(40-3)29(41-4)17-24(22)19-36/h5-6,8-9,14-17,27H,7,10-13,18-19H2,1-4H3,(H2,34,35,39). The van der Waals surface area contributed by atoms with Crippen LogP contribution in [0.1, 0.15) is 40.7 Å². The molecule has 2 aliphatic heterocycles. The third kappa shape index (κ3) is 6.36. The number of benzene rings is 3. The van der Waals surface area contributed by atoms with Gasteiger partial charge in [0.25, 0.3) is 0 Å². The maximum absolute atomic E-state index is 13.5. The van der Waals surface area contributed by atoms with E-state index in [9.17, 15) is 9.59 Å². The Bertz CT molecular complexity index is 1440. The normalized spacial score (nSPS) is 17.1. The summed E-state index contributed by atoms with van der Waals surface area (Å²) in [5.41, 5.74) is 7.23. The lowest BCUT2D eigenvalue weighted by atomic mass is 9.98. The molecule has 0 aromatic heterocycles. The fourth-order valence-corrected chi connectivity index (χ4v) is 6.66. The summed E-state index contributed by atoms with van der Waals surface area (Å²) in [7, 11) is 3.31. The van der Waals surface area contributed by atoms with E-state index in [0.717, 1.165) is 70.0 Å². The Morgan fingerprint density at radius 1 is 1.00 bits per heavy atom. The van der Waals surface area contributed by atoms with E-state index in [-0.39, 0.29) is 11.9 Å². The number of anilines is 2. The molecule has 2 aliphatic rings. The van der Waals surface area contributed by atoms with E-state index in [1.807, 2.05) is 55.1 Å². The first kappa shape index (κ1) is 29.0. The lowest BCUT2D eigenvalue weighted by molar-refractivity contribution is -0.121. The van der Waals surface area contributed by atoms with Crippen molar-refractivity contribution in [3.63, 3.8) is 0 Å². The summed E-state index contributed by atoms with van der Waals surface area (Å²) in [6.07, 6.45) is 2.33. The van der Waals surface area contributed by atoms with Crippen LogP contribution in [-0.2, 0) is 24.3 Å². The Morgan fingerprint density at radius 2 is 1.68 bits per heavy atom. The molecule has 41 heavy (non-hydrogen) atoms. The molecular weight excluding hydrogens is 584 g/mol. The smallest absolute Gasteiger partial charge is 0.319 e. The van der Waals surface area contributed by atoms with E-state index in [0.29, 0.717) is 19.5 Å². The highest BCUT2D eigenvalue weighted by atomic mass is 79.9. The van der Waals surface area contributed by atoms with Gasteiger partial charge >= 0.3 is 6.03 Å². The van der Waals surface area contributed by atoms with Gasteiger partial charge in [-0.3, -0.25) is 9.69 Å². The van der Waals surface area contributed by atoms with Crippen LogP contribution in [0.15, 0.2) is 53.0 Å². The molecule has 5 rings (SSSR count). The zero-order valence-electron chi connectivity index (χ0n) is 24.1. The summed E-state index contributed by atoms with van der Waals surface area (Å²) in [5, 5.41) is 5.96. The molecule has 3 aromatic carbocycles. The van der Waals surface area contributed by atoms with Crippen molar-refractivity contribution in [2.24, 2.45) is 0 Å². The quantitative estimate of drug-likeness (QED) is 0.341. The first-order valence-corrected chi connectivity index (χ1v) is 14.8. The summed E-state index contributed by atoms with van der Waals surface area (Å²) in [4.78, 5) is 30.8. The number of hydrogen-bond acceptors (Lipinski definition) is 5. The largest absolute Gasteiger partial charge is 0.493 e. The predicted molar refractivity (Wildman–Crippen MR) is 165 cm³/mol. The first-order chi connectivity index (χ1) is 19.8. The maximum Gasteiger partial charge on any atom is 0.319 e. The summed E-state index contributed by atoms with van der Waals surface area (Å²) >= 11 is 3.54. The lowest BCUT2D eigenvalue weighted by Crippen LogP contribution is -2.53. The van der Waals surface area contributed by atoms with Crippen molar-refractivity contribution in [3.8, 4) is 11.5 Å². The number of carbonyl (C=O) groups excluding carboxylic acids is 2. The molecule has 216 valence electrons. The van der Waals surface area contributed by atoms with Gasteiger partial charge in [-0.15, -0.1) is 0 Å². The number of ether oxygens (including phenoxy) is 2. The molecule has 2 N–H and O–H groups in total. The number of fused-ring (bicyclic) bond motifs is 1. The molecule has 8 nitrogen and oxygen atoms in total. The van der Waals surface area contributed by atoms with Crippen LogP contribution in [0.3, 0.4) is 0 Å². The summed E-state index contributed by atoms with van der Waals surface area (Å²) in [6.45, 7) is 7.01. The molecule has 0 radical (unpaired) electrons. The van der Waals surface area contributed by atoms with E-state index in [2.05, 4.69) is 43.6 Å². The minimum absolute atomic E-state index is 0.0766. The number of nitrogens with one attached hydrogen (secondary N) is 2. The molecule has 3 amide bonds. The molecule has 3 aromatic rings. The number of piperidine rings is 1. The van der Waals surface area contributed by atoms with Gasteiger partial charge in [0.1, 0.15) is 6.04 Å². The number of methoxy groups -OCH3 is 2. The van der Waals surface area contributed by atoms with E-state index in [1.54, 1.807) is 14.2 Å². The molecule has 1 fully saturated rings. The zero-order chi connectivity index (χ0) is 29.1. The maximum atomic E-state index is 13.5. The molecule has 0 bridgehead atoms. The van der Waals surface area contributed by atoms with Gasteiger partial charge in [-0.25, -0.2) is 4.79 Å². The predicted octanol–water partition coefficient (Wildman–Crippen LogP) is 5.96. The van der Waals surface area contributed by atoms with Gasteiger partial charge in [-0.05, 0) is 91.3 Å². The SMILES string of the molecule is COc1cc2c(cc1OC)CN(Cc1ccccc1NC(=O)NC1CCCN(c3c(C)cc(Br)cc3C)C1=O)CC2. The minimum atomic E-state index is -0.580. The van der Waals surface area contributed by atoms with Crippen molar-refractivity contribution in [1.29, 1.82) is 0 Å². The molecule has 1 unspecified atom stereocenters. The van der Waals surface area contributed by atoms with Crippen LogP contribution in [0.5, 0.6) is 11.5 Å². The average Bonchev–Trinajstić information content (AvgIpc) is 2.94. The van der Waals surface area contributed by atoms with Gasteiger partial charge in [0.2, 0.25) is 5.91 Å². The number of nitrogens with zero attached hydrogens (tertiary/aromatic N) is 2. The fourth-order valence-electron chi connectivity index (χ4n) is 5.97. The Balaban J connectivity index is 1.25. The molecular formula is C32H37BrN4O4. The zero-order valence-corrected chi connectivity index (χ0v) is 25.6. The number of amides is 3. The van der Waals surface area contributed by atoms with E-state index in [4.69, 9.17) is 9.47 Å². The molecule has 9 heteroatoms. The van der Waals surface area contributed by atoms with Crippen LogP contribution in [0.4, 0.5) is 16.2 Å². The number of aryl methyl sites for hydroxylation is 2. The Kier molecular flexibility index (Phi) is 8.85. The molecule has 0 aliphatic carbocycles. The van der Waals surface area contributed by atoms with Crippen LogP contribution in [0, 0.1) is 13.8 Å². The number of hydrogen-bond donors (Lipinski definition) is 2. The Morgan fingerprint density at radius 3 is 2.39 bits per heavy atom. The Hall–Kier alpha value is -3.56. The fraction of sp³-hybridized carbons (Fsp3) is 0.375. The van der Waals surface area contributed by atoms with Crippen molar-refractivity contribution in [1.82, 2.24) is 10.2 Å². The van der Waals surface area contributed by atoms with Crippen LogP contribution in [-0.4, -0.2) is 50.2 Å². The molecule has 1 saturated heterocycles. The summed E-state index contributed by atoms with van der Waals surface area (Å²) < 4.78 is 12.0. The monoisotopic (exact) mass is 620 g/mol. The number of carbonyl (C=O) groups is 2. The highest BCUT2D eigenvalue weighted by Gasteiger charge is 2.32. The van der Waals surface area contributed by atoms with Gasteiger partial charge in [0.15, 0.2) is 11.5 Å². The van der Waals surface area contributed by atoms with Crippen molar-refractivity contribution in [2.45, 2.75) is 52.2 Å². The van der Waals surface area contributed by atoms with Gasteiger partial charge in [0.05, 0.1) is 14.2 Å². The number of urea groups is 1. The van der Waals surface area contributed by atoms with Crippen LogP contribution >= 0.6 is 15.9 Å². The van der Waals surface area contributed by atoms with Gasteiger partial charge in [-0.2, -0.15) is 0 Å². The molecule has 2 heterocycles. The van der Waals surface area contributed by atoms with Crippen molar-refractivity contribution in [2.75, 3.05) is 37.5 Å². The average molecular weight is 622 g/mol. The van der Waals surface area contributed by atoms with Crippen molar-refractivity contribution >= 4 is 39.2 Å². The Labute approximate surface area is 250 Å². The second-order valence-electron chi connectivity index (χ2n) is 10.8. The molecule has 1 atom stereocenters. The number of para-hydroxylation sites is 1. The van der Waals surface area contributed by atoms with Gasteiger partial charge < -0.3 is 25.0 Å². The van der Waals surface area contributed by atoms with E-state index in [1.165, 1.54) is 11.1 Å². The van der Waals surface area contributed by atoms with Crippen LogP contribution < -0.4 is 25.0 Å². The van der Waals surface area contributed by atoms with E-state index >= 15 is 0 Å². The van der Waals surface area contributed by atoms with Gasteiger partial charge in [-0.1, -0.05) is 34.1 Å². The number of rotatable bonds is 7. The minimum Gasteiger partial charge on any atom is -0.493 e. The topological polar surface area (TPSA) is 83.1 Å². The van der Waals surface area contributed by atoms with Gasteiger partial charge in [0, 0.05) is 42.0 Å². The third-order valence-electron chi connectivity index (χ3n) is 7.93. The molecule has 0 spiro atoms. The van der Waals surface area contributed by atoms with Crippen molar-refractivity contribution in [3.05, 3.63) is 80.8 Å². The third-order valence-corrected chi connectivity index (χ3v) is 8.38. The highest BCUT2D eigenvalue weighted by Crippen LogP contribution is 2.34. The second kappa shape index (κ2) is 12.5. The highest BCUT2D eigenvalue weighted by molar-refractivity contribution is 9.10. The van der Waals surface area contributed by atoms with Crippen LogP contribution in [0.25, 0.3) is 0 Å². The lowest BCUT2D eigenvalue weighted by Gasteiger charge is -2.34. The van der Waals surface area contributed by atoms with E-state index < -0.39 is 6.04 Å². The summed E-state index contributed by atoms with van der Waals surface area (Å²) in [6, 6.07) is 15.0. The second-order valence-corrected chi connectivity index (χ2v) is 11.7. The first-order valence-electron chi connectivity index (χ1n) is 14.0.